The zero-order valence-electron chi connectivity index (χ0n) is 23.5. The van der Waals surface area contributed by atoms with Crippen LogP contribution >= 0.6 is 16.1 Å². The maximum Gasteiger partial charge on any atom is 0.132 e. The second-order valence-corrected chi connectivity index (χ2v) is 15.1. The predicted molar refractivity (Wildman–Crippen MR) is 169 cm³/mol. The molecule has 2 atom stereocenters. The van der Waals surface area contributed by atoms with Crippen molar-refractivity contribution in [1.29, 1.82) is 0 Å². The molecular formula is C35H39F2NP2. The quantitative estimate of drug-likeness (QED) is 0.199. The molecule has 0 spiro atoms. The molecule has 4 aromatic rings. The fourth-order valence-corrected chi connectivity index (χ4v) is 14.1. The SMILES string of the molecule is CC.Fc1ccccc1P(c1ccccc1F)N(C1CCCC1)P1[C@@H](c2ccccc2)CC[C@@H]1c1ccccc1. The minimum atomic E-state index is -1.40. The monoisotopic (exact) mass is 573 g/mol. The van der Waals surface area contributed by atoms with E-state index in [4.69, 9.17) is 0 Å². The van der Waals surface area contributed by atoms with Crippen LogP contribution in [0.3, 0.4) is 0 Å². The highest BCUT2D eigenvalue weighted by Crippen LogP contribution is 2.77. The number of hydrogen-bond acceptors (Lipinski definition) is 1. The predicted octanol–water partition coefficient (Wildman–Crippen LogP) is 10.3. The number of benzene rings is 4. The Labute approximate surface area is 241 Å². The van der Waals surface area contributed by atoms with Gasteiger partial charge in [-0.05, 0) is 69.1 Å². The van der Waals surface area contributed by atoms with Gasteiger partial charge in [-0.15, -0.1) is 0 Å². The highest BCUT2D eigenvalue weighted by molar-refractivity contribution is 7.79. The smallest absolute Gasteiger partial charge is 0.132 e. The molecule has 0 aromatic heterocycles. The molecule has 1 nitrogen and oxygen atoms in total. The summed E-state index contributed by atoms with van der Waals surface area (Å²) in [7, 11) is -2.18. The summed E-state index contributed by atoms with van der Waals surface area (Å²) in [5.74, 6) is -0.460. The molecule has 0 bridgehead atoms. The van der Waals surface area contributed by atoms with Crippen molar-refractivity contribution >= 4 is 26.8 Å². The average Bonchev–Trinajstić information content (AvgIpc) is 3.70. The second-order valence-electron chi connectivity index (χ2n) is 10.3. The Kier molecular flexibility index (Phi) is 10.1. The van der Waals surface area contributed by atoms with Crippen LogP contribution in [0.15, 0.2) is 109 Å². The van der Waals surface area contributed by atoms with Crippen LogP contribution in [-0.4, -0.2) is 10.5 Å². The summed E-state index contributed by atoms with van der Waals surface area (Å²) < 4.78 is 34.1. The number of nitrogens with zero attached hydrogens (tertiary/aromatic N) is 1. The molecule has 0 amide bonds. The van der Waals surface area contributed by atoms with E-state index in [0.717, 1.165) is 25.7 Å². The first kappa shape index (κ1) is 29.1. The van der Waals surface area contributed by atoms with Gasteiger partial charge in [-0.2, -0.15) is 0 Å². The van der Waals surface area contributed by atoms with Gasteiger partial charge in [0.15, 0.2) is 0 Å². The highest BCUT2D eigenvalue weighted by Gasteiger charge is 2.47. The first-order valence-corrected chi connectivity index (χ1v) is 17.4. The summed E-state index contributed by atoms with van der Waals surface area (Å²) in [4.78, 5) is 0. The molecule has 208 valence electrons. The van der Waals surface area contributed by atoms with Crippen LogP contribution in [0.2, 0.25) is 0 Å². The zero-order chi connectivity index (χ0) is 27.9. The molecule has 1 saturated carbocycles. The van der Waals surface area contributed by atoms with E-state index < -0.39 is 16.1 Å². The number of halogens is 2. The average molecular weight is 574 g/mol. The van der Waals surface area contributed by atoms with Crippen molar-refractivity contribution in [3.8, 4) is 0 Å². The zero-order valence-corrected chi connectivity index (χ0v) is 25.3. The van der Waals surface area contributed by atoms with E-state index in [0.29, 0.717) is 28.0 Å². The fourth-order valence-electron chi connectivity index (χ4n) is 6.26. The lowest BCUT2D eigenvalue weighted by molar-refractivity contribution is 0.498. The van der Waals surface area contributed by atoms with E-state index in [2.05, 4.69) is 65.1 Å². The van der Waals surface area contributed by atoms with E-state index in [9.17, 15) is 0 Å². The van der Waals surface area contributed by atoms with Gasteiger partial charge in [0, 0.05) is 36.0 Å². The van der Waals surface area contributed by atoms with E-state index in [1.165, 1.54) is 24.0 Å². The molecule has 5 heteroatoms. The maximum atomic E-state index is 15.7. The number of rotatable bonds is 7. The van der Waals surface area contributed by atoms with E-state index >= 15 is 8.78 Å². The lowest BCUT2D eigenvalue weighted by Crippen LogP contribution is -2.35. The van der Waals surface area contributed by atoms with Gasteiger partial charge >= 0.3 is 0 Å². The van der Waals surface area contributed by atoms with Crippen molar-refractivity contribution < 1.29 is 8.78 Å². The Morgan fingerprint density at radius 3 is 1.40 bits per heavy atom. The van der Waals surface area contributed by atoms with Crippen molar-refractivity contribution in [3.05, 3.63) is 132 Å². The van der Waals surface area contributed by atoms with E-state index in [1.54, 1.807) is 24.3 Å². The molecule has 40 heavy (non-hydrogen) atoms. The third kappa shape index (κ3) is 6.08. The topological polar surface area (TPSA) is 3.24 Å². The van der Waals surface area contributed by atoms with Gasteiger partial charge in [0.1, 0.15) is 11.6 Å². The molecule has 1 aliphatic carbocycles. The first-order valence-electron chi connectivity index (χ1n) is 14.7. The third-order valence-corrected chi connectivity index (χ3v) is 14.7. The summed E-state index contributed by atoms with van der Waals surface area (Å²) in [6, 6.07) is 36.2. The minimum absolute atomic E-state index is 0.230. The summed E-state index contributed by atoms with van der Waals surface area (Å²) in [5.41, 5.74) is 3.44. The Morgan fingerprint density at radius 1 is 0.575 bits per heavy atom. The van der Waals surface area contributed by atoms with Crippen LogP contribution in [-0.2, 0) is 0 Å². The molecular weight excluding hydrogens is 534 g/mol. The normalized spacial score (nSPS) is 19.6. The van der Waals surface area contributed by atoms with Crippen LogP contribution in [0, 0.1) is 11.6 Å². The van der Waals surface area contributed by atoms with Gasteiger partial charge in [-0.25, -0.2) is 13.2 Å². The molecule has 6 rings (SSSR count). The molecule has 2 aliphatic rings. The second kappa shape index (κ2) is 14.0. The third-order valence-electron chi connectivity index (χ3n) is 7.97. The van der Waals surface area contributed by atoms with Crippen LogP contribution in [0.1, 0.15) is 74.8 Å². The van der Waals surface area contributed by atoms with Crippen LogP contribution < -0.4 is 10.6 Å². The van der Waals surface area contributed by atoms with Gasteiger partial charge in [0.05, 0.1) is 0 Å². The summed E-state index contributed by atoms with van der Waals surface area (Å²) >= 11 is 0. The summed E-state index contributed by atoms with van der Waals surface area (Å²) in [5, 5.41) is 1.29. The molecule has 1 heterocycles. The Bertz CT molecular complexity index is 1250. The van der Waals surface area contributed by atoms with Crippen LogP contribution in [0.25, 0.3) is 0 Å². The van der Waals surface area contributed by atoms with Gasteiger partial charge in [0.25, 0.3) is 0 Å². The Morgan fingerprint density at radius 2 is 0.975 bits per heavy atom. The van der Waals surface area contributed by atoms with Crippen molar-refractivity contribution in [2.24, 2.45) is 0 Å². The van der Waals surface area contributed by atoms with Crippen molar-refractivity contribution in [2.45, 2.75) is 69.7 Å². The molecule has 4 aromatic carbocycles. The largest absolute Gasteiger partial charge is 0.248 e. The lowest BCUT2D eigenvalue weighted by atomic mass is 10.0. The summed E-state index contributed by atoms with van der Waals surface area (Å²) in [6.07, 6.45) is 6.71. The highest BCUT2D eigenvalue weighted by atomic mass is 31.2. The van der Waals surface area contributed by atoms with Crippen molar-refractivity contribution in [3.63, 3.8) is 0 Å². The molecule has 0 radical (unpaired) electrons. The first-order chi connectivity index (χ1) is 19.7. The van der Waals surface area contributed by atoms with Crippen molar-refractivity contribution in [2.75, 3.05) is 0 Å². The van der Waals surface area contributed by atoms with E-state index in [1.807, 2.05) is 38.1 Å². The molecule has 1 saturated heterocycles. The van der Waals surface area contributed by atoms with Crippen LogP contribution in [0.5, 0.6) is 0 Å². The van der Waals surface area contributed by atoms with Gasteiger partial charge in [-0.1, -0.05) is 112 Å². The van der Waals surface area contributed by atoms with E-state index in [-0.39, 0.29) is 11.6 Å². The van der Waals surface area contributed by atoms with Crippen molar-refractivity contribution in [1.82, 2.24) is 4.44 Å². The molecule has 2 fully saturated rings. The van der Waals surface area contributed by atoms with Gasteiger partial charge < -0.3 is 0 Å². The maximum absolute atomic E-state index is 15.7. The minimum Gasteiger partial charge on any atom is -0.248 e. The molecule has 1 aliphatic heterocycles. The van der Waals surface area contributed by atoms with Crippen LogP contribution in [0.4, 0.5) is 8.78 Å². The fraction of sp³-hybridized carbons (Fsp3) is 0.314. The standard InChI is InChI=1S/C33H33F2NP2.C2H6/c34-28-19-9-11-21-32(28)38(33-22-12-10-20-29(33)35)36(27-17-7-8-18-27)37-30(25-13-3-1-4-14-25)23-24-31(37)26-15-5-2-6-16-26;1-2/h1-6,9-16,19-22,27,30-31H,7-8,17-18,23-24H2;1-2H3/t30-,31-;/m1./s1. The van der Waals surface area contributed by atoms with Gasteiger partial charge in [0.2, 0.25) is 0 Å². The summed E-state index contributed by atoms with van der Waals surface area (Å²) in [6.45, 7) is 4.00. The Hall–Kier alpha value is -2.44. The Balaban J connectivity index is 0.00000158. The lowest BCUT2D eigenvalue weighted by Gasteiger charge is -2.46. The molecule has 0 N–H and O–H groups in total. The van der Waals surface area contributed by atoms with Gasteiger partial charge in [-0.3, -0.25) is 0 Å². The number of hydrogen-bond donors (Lipinski definition) is 0. The molecule has 0 unspecified atom stereocenters.